The Balaban J connectivity index is 3.27. The number of anilines is 2. The number of nitrogen functional groups attached to an aromatic ring is 1. The molecule has 15 heavy (non-hydrogen) atoms. The summed E-state index contributed by atoms with van der Waals surface area (Å²) < 4.78 is 1.96. The number of nitriles is 1. The second kappa shape index (κ2) is 4.74. The lowest BCUT2D eigenvalue weighted by atomic mass is 10.4. The molecule has 0 aliphatic rings. The zero-order valence-electron chi connectivity index (χ0n) is 9.62. The van der Waals surface area contributed by atoms with Gasteiger partial charge >= 0.3 is 0 Å². The van der Waals surface area contributed by atoms with Crippen molar-refractivity contribution >= 4 is 11.5 Å². The van der Waals surface area contributed by atoms with Crippen molar-refractivity contribution < 1.29 is 0 Å². The van der Waals surface area contributed by atoms with Gasteiger partial charge in [-0.05, 0) is 26.8 Å². The Morgan fingerprint density at radius 1 is 1.40 bits per heavy atom. The molecular weight excluding hydrogens is 188 g/mol. The maximum absolute atomic E-state index is 8.97. The smallest absolute Gasteiger partial charge is 0.133 e. The van der Waals surface area contributed by atoms with Gasteiger partial charge in [-0.25, -0.2) is 0 Å². The molecule has 1 aromatic heterocycles. The molecule has 0 saturated carbocycles. The Bertz CT molecular complexity index is 369. The fraction of sp³-hybridized carbons (Fsp3) is 0.545. The second-order valence-electron chi connectivity index (χ2n) is 3.34. The molecule has 0 unspecified atom stereocenters. The van der Waals surface area contributed by atoms with E-state index in [0.717, 1.165) is 25.5 Å². The first-order valence-corrected chi connectivity index (χ1v) is 5.33. The SMILES string of the molecule is CCN(CC)c1c(N)cc(C#N)n1CC. The van der Waals surface area contributed by atoms with Gasteiger partial charge in [-0.15, -0.1) is 0 Å². The highest BCUT2D eigenvalue weighted by Gasteiger charge is 2.15. The molecule has 0 aromatic carbocycles. The van der Waals surface area contributed by atoms with E-state index in [-0.39, 0.29) is 0 Å². The Morgan fingerprint density at radius 2 is 2.00 bits per heavy atom. The summed E-state index contributed by atoms with van der Waals surface area (Å²) >= 11 is 0. The standard InChI is InChI=1S/C11H18N4/c1-4-14(5-2)11-10(13)7-9(8-12)15(11)6-3/h7H,4-6,13H2,1-3H3. The summed E-state index contributed by atoms with van der Waals surface area (Å²) in [7, 11) is 0. The average Bonchev–Trinajstić information content (AvgIpc) is 2.57. The van der Waals surface area contributed by atoms with Gasteiger partial charge in [-0.2, -0.15) is 5.26 Å². The normalized spacial score (nSPS) is 10.0. The molecule has 0 spiro atoms. The van der Waals surface area contributed by atoms with Crippen molar-refractivity contribution in [3.05, 3.63) is 11.8 Å². The summed E-state index contributed by atoms with van der Waals surface area (Å²) in [6.07, 6.45) is 0. The molecule has 4 nitrogen and oxygen atoms in total. The van der Waals surface area contributed by atoms with E-state index in [2.05, 4.69) is 24.8 Å². The monoisotopic (exact) mass is 206 g/mol. The van der Waals surface area contributed by atoms with Crippen LogP contribution in [0.4, 0.5) is 11.5 Å². The van der Waals surface area contributed by atoms with Crippen LogP contribution >= 0.6 is 0 Å². The highest BCUT2D eigenvalue weighted by atomic mass is 15.2. The first kappa shape index (κ1) is 11.4. The van der Waals surface area contributed by atoms with Crippen molar-refractivity contribution in [3.8, 4) is 6.07 Å². The zero-order valence-corrected chi connectivity index (χ0v) is 9.62. The van der Waals surface area contributed by atoms with Crippen LogP contribution in [-0.2, 0) is 6.54 Å². The lowest BCUT2D eigenvalue weighted by Gasteiger charge is -2.23. The summed E-state index contributed by atoms with van der Waals surface area (Å²) in [6.45, 7) is 8.76. The van der Waals surface area contributed by atoms with Crippen molar-refractivity contribution in [1.29, 1.82) is 5.26 Å². The summed E-state index contributed by atoms with van der Waals surface area (Å²) in [4.78, 5) is 2.17. The van der Waals surface area contributed by atoms with Gasteiger partial charge in [0.2, 0.25) is 0 Å². The molecule has 2 N–H and O–H groups in total. The molecule has 0 fully saturated rings. The van der Waals surface area contributed by atoms with Crippen molar-refractivity contribution in [1.82, 2.24) is 4.57 Å². The van der Waals surface area contributed by atoms with E-state index in [9.17, 15) is 0 Å². The molecule has 0 radical (unpaired) electrons. The maximum Gasteiger partial charge on any atom is 0.133 e. The Labute approximate surface area is 90.9 Å². The Hall–Kier alpha value is -1.63. The van der Waals surface area contributed by atoms with E-state index in [1.807, 2.05) is 11.5 Å². The molecule has 1 aromatic rings. The van der Waals surface area contributed by atoms with Crippen LogP contribution in [0.5, 0.6) is 0 Å². The van der Waals surface area contributed by atoms with Gasteiger partial charge < -0.3 is 15.2 Å². The van der Waals surface area contributed by atoms with E-state index < -0.39 is 0 Å². The fourth-order valence-electron chi connectivity index (χ4n) is 1.85. The molecule has 0 bridgehead atoms. The molecule has 82 valence electrons. The summed E-state index contributed by atoms with van der Waals surface area (Å²) in [6, 6.07) is 3.91. The van der Waals surface area contributed by atoms with Crippen LogP contribution in [0.1, 0.15) is 26.5 Å². The minimum Gasteiger partial charge on any atom is -0.396 e. The summed E-state index contributed by atoms with van der Waals surface area (Å²) in [5.74, 6) is 0.971. The first-order chi connectivity index (χ1) is 7.19. The molecule has 4 heteroatoms. The maximum atomic E-state index is 8.97. The van der Waals surface area contributed by atoms with Gasteiger partial charge in [0, 0.05) is 19.6 Å². The third-order valence-electron chi connectivity index (χ3n) is 2.59. The molecule has 0 atom stereocenters. The van der Waals surface area contributed by atoms with E-state index >= 15 is 0 Å². The number of nitrogens with two attached hydrogens (primary N) is 1. The highest BCUT2D eigenvalue weighted by Crippen LogP contribution is 2.27. The summed E-state index contributed by atoms with van der Waals surface area (Å²) in [5, 5.41) is 8.97. The predicted octanol–water partition coefficient (Wildman–Crippen LogP) is 1.81. The zero-order chi connectivity index (χ0) is 11.4. The number of hydrogen-bond acceptors (Lipinski definition) is 3. The fourth-order valence-corrected chi connectivity index (χ4v) is 1.85. The largest absolute Gasteiger partial charge is 0.396 e. The quantitative estimate of drug-likeness (QED) is 0.817. The Kier molecular flexibility index (Phi) is 3.62. The summed E-state index contributed by atoms with van der Waals surface area (Å²) in [5.41, 5.74) is 7.26. The highest BCUT2D eigenvalue weighted by molar-refractivity contribution is 5.67. The lowest BCUT2D eigenvalue weighted by molar-refractivity contribution is 0.717. The van der Waals surface area contributed by atoms with Crippen LogP contribution in [0.3, 0.4) is 0 Å². The lowest BCUT2D eigenvalue weighted by Crippen LogP contribution is -2.25. The molecule has 0 amide bonds. The van der Waals surface area contributed by atoms with Gasteiger partial charge in [0.1, 0.15) is 17.6 Å². The van der Waals surface area contributed by atoms with Crippen LogP contribution in [0.15, 0.2) is 6.07 Å². The number of hydrogen-bond donors (Lipinski definition) is 1. The van der Waals surface area contributed by atoms with Gasteiger partial charge in [-0.1, -0.05) is 0 Å². The van der Waals surface area contributed by atoms with Gasteiger partial charge in [-0.3, -0.25) is 0 Å². The van der Waals surface area contributed by atoms with Crippen LogP contribution in [0, 0.1) is 11.3 Å². The number of rotatable bonds is 4. The molecule has 1 rings (SSSR count). The minimum atomic E-state index is 0.636. The van der Waals surface area contributed by atoms with Crippen LogP contribution < -0.4 is 10.6 Å². The van der Waals surface area contributed by atoms with Crippen LogP contribution in [0.2, 0.25) is 0 Å². The number of nitrogens with zero attached hydrogens (tertiary/aromatic N) is 3. The molecule has 0 saturated heterocycles. The van der Waals surface area contributed by atoms with Crippen molar-refractivity contribution in [2.75, 3.05) is 23.7 Å². The van der Waals surface area contributed by atoms with E-state index in [1.54, 1.807) is 6.07 Å². The number of aromatic nitrogens is 1. The molecule has 1 heterocycles. The van der Waals surface area contributed by atoms with Gasteiger partial charge in [0.05, 0.1) is 5.69 Å². The van der Waals surface area contributed by atoms with Crippen molar-refractivity contribution in [3.63, 3.8) is 0 Å². The average molecular weight is 206 g/mol. The van der Waals surface area contributed by atoms with Gasteiger partial charge in [0.15, 0.2) is 0 Å². The van der Waals surface area contributed by atoms with E-state index in [4.69, 9.17) is 11.0 Å². The Morgan fingerprint density at radius 3 is 2.40 bits per heavy atom. The molecule has 0 aliphatic carbocycles. The minimum absolute atomic E-state index is 0.636. The topological polar surface area (TPSA) is 58.0 Å². The third-order valence-corrected chi connectivity index (χ3v) is 2.59. The van der Waals surface area contributed by atoms with Crippen molar-refractivity contribution in [2.45, 2.75) is 27.3 Å². The van der Waals surface area contributed by atoms with Gasteiger partial charge in [0.25, 0.3) is 0 Å². The van der Waals surface area contributed by atoms with E-state index in [0.29, 0.717) is 11.4 Å². The third kappa shape index (κ3) is 1.91. The second-order valence-corrected chi connectivity index (χ2v) is 3.34. The van der Waals surface area contributed by atoms with Crippen LogP contribution in [0.25, 0.3) is 0 Å². The molecular formula is C11H18N4. The van der Waals surface area contributed by atoms with E-state index in [1.165, 1.54) is 0 Å². The van der Waals surface area contributed by atoms with Crippen LogP contribution in [-0.4, -0.2) is 17.7 Å². The molecule has 0 aliphatic heterocycles. The first-order valence-electron chi connectivity index (χ1n) is 5.33. The van der Waals surface area contributed by atoms with Crippen molar-refractivity contribution in [2.24, 2.45) is 0 Å². The predicted molar refractivity (Wildman–Crippen MR) is 62.8 cm³/mol.